The fourth-order valence-corrected chi connectivity index (χ4v) is 0. The molecule has 0 aliphatic carbocycles. The third-order valence-corrected chi connectivity index (χ3v) is 0.0833. The maximum absolute atomic E-state index is 8.93. The van der Waals surface area contributed by atoms with Gasteiger partial charge in [0.25, 0.3) is 0 Å². The van der Waals surface area contributed by atoms with Crippen molar-refractivity contribution in [3.8, 4) is 0 Å². The normalized spacial score (nSPS) is 2.86. The Kier molecular flexibility index (Phi) is 101. The van der Waals surface area contributed by atoms with Crippen molar-refractivity contribution in [1.82, 2.24) is 0 Å². The molecule has 0 saturated heterocycles. The van der Waals surface area contributed by atoms with E-state index < -0.39 is 0 Å². The molecule has 40 valence electrons. The van der Waals surface area contributed by atoms with Gasteiger partial charge in [-0.3, -0.25) is 0 Å². The van der Waals surface area contributed by atoms with Crippen molar-refractivity contribution in [2.45, 2.75) is 0 Å². The van der Waals surface area contributed by atoms with Crippen LogP contribution in [0.25, 0.3) is 0 Å². The van der Waals surface area contributed by atoms with E-state index >= 15 is 0 Å². The molecule has 0 aliphatic heterocycles. The van der Waals surface area contributed by atoms with Crippen LogP contribution in [0.3, 0.4) is 0 Å². The molecule has 0 aliphatic rings. The Morgan fingerprint density at radius 1 is 1.57 bits per heavy atom. The first-order valence-corrected chi connectivity index (χ1v) is 0.901. The number of hydrogen-bond donors (Lipinski definition) is 0. The van der Waals surface area contributed by atoms with Gasteiger partial charge in [-0.1, -0.05) is 0 Å². The van der Waals surface area contributed by atoms with Crippen molar-refractivity contribution in [3.05, 3.63) is 12.7 Å². The Balaban J connectivity index is -0.0000000150. The van der Waals surface area contributed by atoms with Gasteiger partial charge in [-0.2, -0.15) is 0 Å². The molecular formula is C3H3AuGeOSi. The third-order valence-electron chi connectivity index (χ3n) is 0.0833. The summed E-state index contributed by atoms with van der Waals surface area (Å²) < 4.78 is 0. The molecule has 0 saturated carbocycles. The van der Waals surface area contributed by atoms with Gasteiger partial charge in [0.1, 0.15) is 0 Å². The topological polar surface area (TPSA) is 17.1 Å². The predicted molar refractivity (Wildman–Crippen MR) is 27.4 cm³/mol. The molecule has 0 aromatic carbocycles. The third kappa shape index (κ3) is 45.7. The molecular weight excluding hydrogens is 350 g/mol. The molecule has 4 heteroatoms. The van der Waals surface area contributed by atoms with Crippen molar-refractivity contribution >= 4 is 34.8 Å². The minimum atomic E-state index is 0. The van der Waals surface area contributed by atoms with Crippen molar-refractivity contribution in [2.75, 3.05) is 0 Å². The molecule has 7 heavy (non-hydrogen) atoms. The van der Waals surface area contributed by atoms with Gasteiger partial charge in [-0.15, -0.1) is 0 Å². The maximum Gasteiger partial charge on any atom is 1.00 e. The summed E-state index contributed by atoms with van der Waals surface area (Å²) >= 11 is 0. The van der Waals surface area contributed by atoms with Gasteiger partial charge in [0.2, 0.25) is 0 Å². The molecule has 0 amide bonds. The molecule has 0 rings (SSSR count). The van der Waals surface area contributed by atoms with E-state index in [9.17, 15) is 0 Å². The van der Waals surface area contributed by atoms with Crippen LogP contribution in [0.15, 0.2) is 12.7 Å². The first-order chi connectivity index (χ1) is 1.91. The van der Waals surface area contributed by atoms with Crippen LogP contribution in [-0.2, 0) is 27.2 Å². The van der Waals surface area contributed by atoms with Crippen molar-refractivity contribution in [3.63, 3.8) is 0 Å². The van der Waals surface area contributed by atoms with Crippen LogP contribution in [0.1, 0.15) is 0 Å². The number of rotatable bonds is 1. The van der Waals surface area contributed by atoms with Gasteiger partial charge in [0, 0.05) is 28.6 Å². The van der Waals surface area contributed by atoms with Crippen LogP contribution >= 0.6 is 0 Å². The van der Waals surface area contributed by atoms with Crippen LogP contribution in [0.2, 0.25) is 0 Å². The zero-order valence-electron chi connectivity index (χ0n) is 3.49. The molecule has 0 N–H and O–H groups in total. The smallest absolute Gasteiger partial charge is 0.419 e. The molecule has 0 aromatic heterocycles. The molecule has 0 aromatic rings. The predicted octanol–water partition coefficient (Wildman–Crippen LogP) is -0.482. The van der Waals surface area contributed by atoms with Crippen LogP contribution in [0.5, 0.6) is 0 Å². The van der Waals surface area contributed by atoms with E-state index in [1.54, 1.807) is 0 Å². The molecule has 0 bridgehead atoms. The van der Waals surface area contributed by atoms with E-state index in [1.807, 2.05) is 0 Å². The monoisotopic (exact) mass is 354 g/mol. The minimum absolute atomic E-state index is 0. The van der Waals surface area contributed by atoms with Crippen LogP contribution in [0, 0.1) is 0 Å². The second-order valence-corrected chi connectivity index (χ2v) is 0.322. The summed E-state index contributed by atoms with van der Waals surface area (Å²) in [5, 5.41) is 0. The number of allylic oxidation sites excluding steroid dienone is 1. The summed E-state index contributed by atoms with van der Waals surface area (Å²) in [7, 11) is 0. The van der Waals surface area contributed by atoms with E-state index in [4.69, 9.17) is 4.79 Å². The Morgan fingerprint density at radius 2 is 1.71 bits per heavy atom. The Bertz CT molecular complexity index is 35.9. The summed E-state index contributed by atoms with van der Waals surface area (Å²) in [4.78, 5) is 8.93. The van der Waals surface area contributed by atoms with Crippen molar-refractivity contribution in [1.29, 1.82) is 0 Å². The van der Waals surface area contributed by atoms with Crippen LogP contribution in [-0.4, -0.2) is 34.8 Å². The largest absolute Gasteiger partial charge is 1.00 e. The summed E-state index contributed by atoms with van der Waals surface area (Å²) in [6.45, 7) is 3.06. The fraction of sp³-hybridized carbons (Fsp3) is 0. The van der Waals surface area contributed by atoms with Crippen LogP contribution < -0.4 is 0 Å². The van der Waals surface area contributed by atoms with E-state index in [1.165, 1.54) is 6.29 Å². The SMILES string of the molecule is C=C[C-]=O.[Au+].[Ge].[Si]. The molecule has 1 nitrogen and oxygen atoms in total. The van der Waals surface area contributed by atoms with Crippen molar-refractivity contribution in [2.24, 2.45) is 0 Å². The first-order valence-electron chi connectivity index (χ1n) is 0.901. The van der Waals surface area contributed by atoms with Crippen molar-refractivity contribution < 1.29 is 27.2 Å². The number of hydrogen-bond acceptors (Lipinski definition) is 1. The van der Waals surface area contributed by atoms with E-state index in [0.717, 1.165) is 6.08 Å². The van der Waals surface area contributed by atoms with Gasteiger partial charge in [-0.25, -0.2) is 12.7 Å². The zero-order chi connectivity index (χ0) is 3.41. The molecule has 8 radical (unpaired) electrons. The summed E-state index contributed by atoms with van der Waals surface area (Å²) in [5.41, 5.74) is 0. The Hall–Kier alpha value is 0.910. The van der Waals surface area contributed by atoms with Gasteiger partial charge >= 0.3 is 22.4 Å². The quantitative estimate of drug-likeness (QED) is 0.354. The second kappa shape index (κ2) is 28.5. The summed E-state index contributed by atoms with van der Waals surface area (Å²) in [6.07, 6.45) is 2.51. The van der Waals surface area contributed by atoms with E-state index in [0.29, 0.717) is 0 Å². The average molecular weight is 353 g/mol. The van der Waals surface area contributed by atoms with Gasteiger partial charge in [-0.05, 0) is 6.29 Å². The molecule has 0 spiro atoms. The number of carbonyl (C=O) groups excluding carboxylic acids is 1. The molecule has 0 fully saturated rings. The zero-order valence-corrected chi connectivity index (χ0v) is 8.76. The van der Waals surface area contributed by atoms with E-state index in [-0.39, 0.29) is 50.9 Å². The first kappa shape index (κ1) is 24.7. The minimum Gasteiger partial charge on any atom is -0.419 e. The van der Waals surface area contributed by atoms with Gasteiger partial charge in [0.05, 0.1) is 0 Å². The maximum atomic E-state index is 8.93. The van der Waals surface area contributed by atoms with Gasteiger partial charge < -0.3 is 4.79 Å². The molecule has 0 heterocycles. The summed E-state index contributed by atoms with van der Waals surface area (Å²) in [6, 6.07) is 0. The second-order valence-electron chi connectivity index (χ2n) is 0.322. The van der Waals surface area contributed by atoms with Gasteiger partial charge in [0.15, 0.2) is 0 Å². The average Bonchev–Trinajstić information content (AvgIpc) is 1.37. The Labute approximate surface area is 74.4 Å². The van der Waals surface area contributed by atoms with Crippen LogP contribution in [0.4, 0.5) is 0 Å². The van der Waals surface area contributed by atoms with E-state index in [2.05, 4.69) is 6.58 Å². The Morgan fingerprint density at radius 3 is 1.71 bits per heavy atom. The molecule has 0 unspecified atom stereocenters. The standard InChI is InChI=1S/C3H3O.Au.Ge.Si/c1-2-3-4;;;/h2H,1H2;;;/q-1;+1;;. The summed E-state index contributed by atoms with van der Waals surface area (Å²) in [5.74, 6) is 0. The molecule has 0 atom stereocenters. The fourth-order valence-electron chi connectivity index (χ4n) is 0.